The highest BCUT2D eigenvalue weighted by molar-refractivity contribution is 6.32. The minimum Gasteiger partial charge on any atom is -0.495 e. The second-order valence-corrected chi connectivity index (χ2v) is 5.07. The molecule has 0 saturated carbocycles. The Hall–Kier alpha value is -2.86. The van der Waals surface area contributed by atoms with Crippen LogP contribution in [0.3, 0.4) is 0 Å². The highest BCUT2D eigenvalue weighted by Crippen LogP contribution is 2.27. The van der Waals surface area contributed by atoms with Crippen molar-refractivity contribution < 1.29 is 9.53 Å². The van der Waals surface area contributed by atoms with E-state index in [-0.39, 0.29) is 11.6 Å². The van der Waals surface area contributed by atoms with Crippen LogP contribution in [0.15, 0.2) is 54.7 Å². The van der Waals surface area contributed by atoms with E-state index in [0.29, 0.717) is 16.5 Å². The van der Waals surface area contributed by atoms with Crippen LogP contribution in [0.2, 0.25) is 5.02 Å². The van der Waals surface area contributed by atoms with E-state index in [1.54, 1.807) is 18.2 Å². The summed E-state index contributed by atoms with van der Waals surface area (Å²) in [5.74, 6) is 0.174. The van der Waals surface area contributed by atoms with E-state index in [0.717, 1.165) is 5.69 Å². The van der Waals surface area contributed by atoms with Crippen LogP contribution >= 0.6 is 11.6 Å². The number of halogens is 1. The summed E-state index contributed by atoms with van der Waals surface area (Å²) >= 11 is 6.03. The van der Waals surface area contributed by atoms with Gasteiger partial charge in [0.05, 0.1) is 24.0 Å². The number of carbonyl (C=O) groups excluding carboxylic acids is 1. The van der Waals surface area contributed by atoms with Gasteiger partial charge in [-0.15, -0.1) is 5.10 Å². The Morgan fingerprint density at radius 3 is 2.70 bits per heavy atom. The summed E-state index contributed by atoms with van der Waals surface area (Å²) in [7, 11) is 1.53. The lowest BCUT2D eigenvalue weighted by molar-refractivity contribution is 0.102. The SMILES string of the molecule is COc1ccc(NC(=O)c2cnn(-c3ccccc3)n2)cc1Cl. The predicted molar refractivity (Wildman–Crippen MR) is 87.3 cm³/mol. The van der Waals surface area contributed by atoms with E-state index in [4.69, 9.17) is 16.3 Å². The van der Waals surface area contributed by atoms with E-state index < -0.39 is 0 Å². The normalized spacial score (nSPS) is 10.3. The molecule has 23 heavy (non-hydrogen) atoms. The van der Waals surface area contributed by atoms with E-state index in [9.17, 15) is 4.79 Å². The second kappa shape index (κ2) is 6.50. The maximum Gasteiger partial charge on any atom is 0.277 e. The third-order valence-corrected chi connectivity index (χ3v) is 3.42. The summed E-state index contributed by atoms with van der Waals surface area (Å²) in [4.78, 5) is 13.6. The van der Waals surface area contributed by atoms with Crippen LogP contribution in [0.4, 0.5) is 5.69 Å². The van der Waals surface area contributed by atoms with Gasteiger partial charge in [-0.3, -0.25) is 4.79 Å². The molecule has 0 radical (unpaired) electrons. The molecule has 1 amide bonds. The molecular formula is C16H13ClN4O2. The van der Waals surface area contributed by atoms with Gasteiger partial charge >= 0.3 is 0 Å². The molecule has 0 unspecified atom stereocenters. The monoisotopic (exact) mass is 328 g/mol. The van der Waals surface area contributed by atoms with Crippen LogP contribution < -0.4 is 10.1 Å². The summed E-state index contributed by atoms with van der Waals surface area (Å²) in [6.07, 6.45) is 1.41. The highest BCUT2D eigenvalue weighted by Gasteiger charge is 2.12. The molecule has 7 heteroatoms. The molecule has 0 spiro atoms. The molecule has 0 saturated heterocycles. The van der Waals surface area contributed by atoms with Crippen molar-refractivity contribution in [2.24, 2.45) is 0 Å². The molecule has 2 aromatic carbocycles. The Balaban J connectivity index is 1.76. The smallest absolute Gasteiger partial charge is 0.277 e. The standard InChI is InChI=1S/C16H13ClN4O2/c1-23-15-8-7-11(9-13(15)17)19-16(22)14-10-18-21(20-14)12-5-3-2-4-6-12/h2-10H,1H3,(H,19,22). The molecule has 3 aromatic rings. The van der Waals surface area contributed by atoms with Gasteiger partial charge in [0.15, 0.2) is 5.69 Å². The van der Waals surface area contributed by atoms with Crippen molar-refractivity contribution in [1.29, 1.82) is 0 Å². The van der Waals surface area contributed by atoms with Gasteiger partial charge in [0, 0.05) is 5.69 Å². The molecule has 0 bridgehead atoms. The summed E-state index contributed by atoms with van der Waals surface area (Å²) in [6, 6.07) is 14.3. The molecule has 0 aliphatic rings. The van der Waals surface area contributed by atoms with Gasteiger partial charge < -0.3 is 10.1 Å². The second-order valence-electron chi connectivity index (χ2n) is 4.66. The largest absolute Gasteiger partial charge is 0.495 e. The third-order valence-electron chi connectivity index (χ3n) is 3.12. The number of anilines is 1. The molecule has 1 aromatic heterocycles. The minimum absolute atomic E-state index is 0.209. The number of methoxy groups -OCH3 is 1. The summed E-state index contributed by atoms with van der Waals surface area (Å²) in [5, 5.41) is 11.4. The van der Waals surface area contributed by atoms with Crippen LogP contribution in [0.1, 0.15) is 10.5 Å². The van der Waals surface area contributed by atoms with E-state index in [1.165, 1.54) is 18.1 Å². The molecule has 0 atom stereocenters. The number of hydrogen-bond donors (Lipinski definition) is 1. The molecule has 6 nitrogen and oxygen atoms in total. The molecule has 3 rings (SSSR count). The minimum atomic E-state index is -0.367. The van der Waals surface area contributed by atoms with Gasteiger partial charge in [-0.1, -0.05) is 29.8 Å². The first-order valence-electron chi connectivity index (χ1n) is 6.80. The Kier molecular flexibility index (Phi) is 4.25. The fourth-order valence-corrected chi connectivity index (χ4v) is 2.25. The molecule has 1 N–H and O–H groups in total. The van der Waals surface area contributed by atoms with Crippen molar-refractivity contribution in [3.8, 4) is 11.4 Å². The number of carbonyl (C=O) groups is 1. The lowest BCUT2D eigenvalue weighted by Gasteiger charge is -2.06. The van der Waals surface area contributed by atoms with Crippen LogP contribution in [-0.2, 0) is 0 Å². The zero-order chi connectivity index (χ0) is 16.2. The fourth-order valence-electron chi connectivity index (χ4n) is 1.99. The predicted octanol–water partition coefficient (Wildman–Crippen LogP) is 3.18. The number of benzene rings is 2. The van der Waals surface area contributed by atoms with Crippen LogP contribution in [0.5, 0.6) is 5.75 Å². The quantitative estimate of drug-likeness (QED) is 0.798. The molecule has 116 valence electrons. The topological polar surface area (TPSA) is 69.0 Å². The van der Waals surface area contributed by atoms with Crippen molar-refractivity contribution in [2.45, 2.75) is 0 Å². The number of para-hydroxylation sites is 1. The molecule has 0 aliphatic carbocycles. The Labute approximate surface area is 137 Å². The van der Waals surface area contributed by atoms with Crippen molar-refractivity contribution in [1.82, 2.24) is 15.0 Å². The van der Waals surface area contributed by atoms with E-state index in [1.807, 2.05) is 30.3 Å². The van der Waals surface area contributed by atoms with Crippen molar-refractivity contribution >= 4 is 23.2 Å². The molecule has 0 fully saturated rings. The highest BCUT2D eigenvalue weighted by atomic mass is 35.5. The summed E-state index contributed by atoms with van der Waals surface area (Å²) < 4.78 is 5.07. The third kappa shape index (κ3) is 3.32. The number of nitrogens with one attached hydrogen (secondary N) is 1. The summed E-state index contributed by atoms with van der Waals surface area (Å²) in [6.45, 7) is 0. The zero-order valence-corrected chi connectivity index (χ0v) is 13.0. The average Bonchev–Trinajstić information content (AvgIpc) is 3.06. The fraction of sp³-hybridized carbons (Fsp3) is 0.0625. The lowest BCUT2D eigenvalue weighted by atomic mass is 10.3. The number of amides is 1. The van der Waals surface area contributed by atoms with E-state index in [2.05, 4.69) is 15.5 Å². The Morgan fingerprint density at radius 1 is 1.22 bits per heavy atom. The van der Waals surface area contributed by atoms with Crippen LogP contribution in [0.25, 0.3) is 5.69 Å². The first-order chi connectivity index (χ1) is 11.2. The molecule has 0 aliphatic heterocycles. The van der Waals surface area contributed by atoms with Crippen LogP contribution in [-0.4, -0.2) is 28.0 Å². The van der Waals surface area contributed by atoms with Crippen molar-refractivity contribution in [3.63, 3.8) is 0 Å². The average molecular weight is 329 g/mol. The van der Waals surface area contributed by atoms with Gasteiger partial charge in [0.25, 0.3) is 5.91 Å². The maximum atomic E-state index is 12.2. The number of rotatable bonds is 4. The van der Waals surface area contributed by atoms with Gasteiger partial charge in [-0.2, -0.15) is 9.90 Å². The van der Waals surface area contributed by atoms with Gasteiger partial charge in [-0.25, -0.2) is 0 Å². The first-order valence-corrected chi connectivity index (χ1v) is 7.18. The number of hydrogen-bond acceptors (Lipinski definition) is 4. The van der Waals surface area contributed by atoms with Gasteiger partial charge in [-0.05, 0) is 30.3 Å². The van der Waals surface area contributed by atoms with Gasteiger partial charge in [0.1, 0.15) is 5.75 Å². The zero-order valence-electron chi connectivity index (χ0n) is 12.2. The van der Waals surface area contributed by atoms with Crippen molar-refractivity contribution in [2.75, 3.05) is 12.4 Å². The Morgan fingerprint density at radius 2 is 2.00 bits per heavy atom. The first kappa shape index (κ1) is 15.1. The number of aromatic nitrogens is 3. The van der Waals surface area contributed by atoms with Crippen LogP contribution in [0, 0.1) is 0 Å². The lowest BCUT2D eigenvalue weighted by Crippen LogP contribution is -2.13. The van der Waals surface area contributed by atoms with Gasteiger partial charge in [0.2, 0.25) is 0 Å². The van der Waals surface area contributed by atoms with E-state index >= 15 is 0 Å². The maximum absolute atomic E-state index is 12.2. The summed E-state index contributed by atoms with van der Waals surface area (Å²) in [5.41, 5.74) is 1.54. The number of ether oxygens (including phenoxy) is 1. The Bertz CT molecular complexity index is 833. The molecular weight excluding hydrogens is 316 g/mol. The van der Waals surface area contributed by atoms with Crippen molar-refractivity contribution in [3.05, 3.63) is 65.4 Å². The molecule has 1 heterocycles. The number of nitrogens with zero attached hydrogens (tertiary/aromatic N) is 3.